The highest BCUT2D eigenvalue weighted by atomic mass is 32.2. The number of piperidine rings is 1. The molecular formula is C23H36N4O2S. The van der Waals surface area contributed by atoms with E-state index in [4.69, 9.17) is 4.99 Å². The SMILES string of the molecule is CCNC(=NCc1ccc(N2CCCCC2=O)cc1)NC1CCCC(S(=O)CC)C1. The largest absolute Gasteiger partial charge is 0.357 e. The van der Waals surface area contributed by atoms with Crippen molar-refractivity contribution in [2.45, 2.75) is 76.6 Å². The lowest BCUT2D eigenvalue weighted by Crippen LogP contribution is -2.46. The number of guanidine groups is 1. The van der Waals surface area contributed by atoms with Gasteiger partial charge in [0.15, 0.2) is 5.96 Å². The van der Waals surface area contributed by atoms with E-state index < -0.39 is 10.8 Å². The monoisotopic (exact) mass is 432 g/mol. The zero-order chi connectivity index (χ0) is 21.3. The first-order valence-corrected chi connectivity index (χ1v) is 12.8. The number of nitrogens with zero attached hydrogens (tertiary/aromatic N) is 2. The topological polar surface area (TPSA) is 73.8 Å². The van der Waals surface area contributed by atoms with E-state index in [1.165, 1.54) is 0 Å². The summed E-state index contributed by atoms with van der Waals surface area (Å²) in [5.41, 5.74) is 2.10. The van der Waals surface area contributed by atoms with Gasteiger partial charge in [-0.3, -0.25) is 9.00 Å². The fraction of sp³-hybridized carbons (Fsp3) is 0.652. The zero-order valence-corrected chi connectivity index (χ0v) is 19.2. The first-order valence-electron chi connectivity index (χ1n) is 11.4. The number of amides is 1. The quantitative estimate of drug-likeness (QED) is 0.512. The molecule has 1 amide bonds. The van der Waals surface area contributed by atoms with Crippen molar-refractivity contribution in [3.63, 3.8) is 0 Å². The van der Waals surface area contributed by atoms with Crippen LogP contribution < -0.4 is 15.5 Å². The number of anilines is 1. The van der Waals surface area contributed by atoms with Crippen LogP contribution in [0.5, 0.6) is 0 Å². The van der Waals surface area contributed by atoms with Gasteiger partial charge in [0.05, 0.1) is 6.54 Å². The number of aliphatic imine (C=N–C) groups is 1. The van der Waals surface area contributed by atoms with E-state index in [-0.39, 0.29) is 5.91 Å². The van der Waals surface area contributed by atoms with Crippen LogP contribution in [0.1, 0.15) is 64.4 Å². The van der Waals surface area contributed by atoms with Gasteiger partial charge < -0.3 is 15.5 Å². The number of hydrogen-bond acceptors (Lipinski definition) is 3. The van der Waals surface area contributed by atoms with Crippen LogP contribution in [0.15, 0.2) is 29.3 Å². The molecule has 2 fully saturated rings. The van der Waals surface area contributed by atoms with Crippen LogP contribution in [-0.2, 0) is 22.1 Å². The second-order valence-corrected chi connectivity index (χ2v) is 10.2. The smallest absolute Gasteiger partial charge is 0.226 e. The summed E-state index contributed by atoms with van der Waals surface area (Å²) < 4.78 is 12.2. The molecule has 0 bridgehead atoms. The molecule has 1 saturated heterocycles. The van der Waals surface area contributed by atoms with E-state index in [0.29, 0.717) is 24.3 Å². The highest BCUT2D eigenvalue weighted by Crippen LogP contribution is 2.23. The summed E-state index contributed by atoms with van der Waals surface area (Å²) in [5.74, 6) is 1.78. The second-order valence-electron chi connectivity index (χ2n) is 8.16. The van der Waals surface area contributed by atoms with Gasteiger partial charge in [-0.25, -0.2) is 4.99 Å². The van der Waals surface area contributed by atoms with E-state index >= 15 is 0 Å². The van der Waals surface area contributed by atoms with Gasteiger partial charge in [-0.05, 0) is 56.7 Å². The molecule has 3 atom stereocenters. The lowest BCUT2D eigenvalue weighted by atomic mass is 9.95. The normalized spacial score (nSPS) is 23.9. The summed E-state index contributed by atoms with van der Waals surface area (Å²) in [6, 6.07) is 8.50. The average molecular weight is 433 g/mol. The molecule has 1 aromatic carbocycles. The standard InChI is InChI=1S/C23H36N4O2S/c1-3-24-23(26-19-8-7-9-21(16-19)30(29)4-2)25-17-18-11-13-20(14-12-18)27-15-6-5-10-22(27)28/h11-14,19,21H,3-10,15-17H2,1-2H3,(H2,24,25,26). The van der Waals surface area contributed by atoms with Gasteiger partial charge in [-0.1, -0.05) is 25.5 Å². The average Bonchev–Trinajstić information content (AvgIpc) is 2.78. The zero-order valence-electron chi connectivity index (χ0n) is 18.4. The first kappa shape index (κ1) is 22.8. The van der Waals surface area contributed by atoms with Crippen molar-refractivity contribution >= 4 is 28.4 Å². The molecule has 2 N–H and O–H groups in total. The van der Waals surface area contributed by atoms with E-state index in [1.54, 1.807) is 0 Å². The number of nitrogens with one attached hydrogen (secondary N) is 2. The van der Waals surface area contributed by atoms with E-state index in [0.717, 1.165) is 74.6 Å². The lowest BCUT2D eigenvalue weighted by Gasteiger charge is -2.30. The maximum atomic E-state index is 12.2. The molecule has 1 heterocycles. The van der Waals surface area contributed by atoms with Crippen molar-refractivity contribution in [1.29, 1.82) is 0 Å². The minimum Gasteiger partial charge on any atom is -0.357 e. The predicted octanol–water partition coefficient (Wildman–Crippen LogP) is 3.34. The summed E-state index contributed by atoms with van der Waals surface area (Å²) in [4.78, 5) is 18.8. The molecule has 0 spiro atoms. The van der Waals surface area contributed by atoms with Gasteiger partial charge in [-0.2, -0.15) is 0 Å². The van der Waals surface area contributed by atoms with Crippen molar-refractivity contribution < 1.29 is 9.00 Å². The molecule has 1 aromatic rings. The number of benzene rings is 1. The van der Waals surface area contributed by atoms with Gasteiger partial charge in [0.2, 0.25) is 5.91 Å². The number of carbonyl (C=O) groups excluding carboxylic acids is 1. The maximum absolute atomic E-state index is 12.2. The number of carbonyl (C=O) groups is 1. The summed E-state index contributed by atoms with van der Waals surface area (Å²) in [7, 11) is -0.722. The Labute approximate surface area is 183 Å². The van der Waals surface area contributed by atoms with Crippen molar-refractivity contribution in [3.8, 4) is 0 Å². The Balaban J connectivity index is 1.59. The minimum absolute atomic E-state index is 0.223. The van der Waals surface area contributed by atoms with E-state index in [9.17, 15) is 9.00 Å². The van der Waals surface area contributed by atoms with Gasteiger partial charge in [-0.15, -0.1) is 0 Å². The minimum atomic E-state index is -0.722. The van der Waals surface area contributed by atoms with Crippen LogP contribution in [0, 0.1) is 0 Å². The summed E-state index contributed by atoms with van der Waals surface area (Å²) >= 11 is 0. The Morgan fingerprint density at radius 1 is 1.17 bits per heavy atom. The first-order chi connectivity index (χ1) is 14.6. The summed E-state index contributed by atoms with van der Waals surface area (Å²) in [6.45, 7) is 6.28. The lowest BCUT2D eigenvalue weighted by molar-refractivity contribution is -0.119. The molecule has 0 radical (unpaired) electrons. The molecule has 166 valence electrons. The number of hydrogen-bond donors (Lipinski definition) is 2. The predicted molar refractivity (Wildman–Crippen MR) is 125 cm³/mol. The fourth-order valence-corrected chi connectivity index (χ4v) is 5.64. The Morgan fingerprint density at radius 3 is 2.67 bits per heavy atom. The van der Waals surface area contributed by atoms with Crippen LogP contribution in [-0.4, -0.2) is 46.2 Å². The molecule has 1 saturated carbocycles. The Bertz CT molecular complexity index is 750. The van der Waals surface area contributed by atoms with Crippen molar-refractivity contribution in [2.75, 3.05) is 23.7 Å². The van der Waals surface area contributed by atoms with E-state index in [1.807, 2.05) is 24.0 Å². The number of rotatable bonds is 7. The fourth-order valence-electron chi connectivity index (χ4n) is 4.29. The second kappa shape index (κ2) is 11.5. The van der Waals surface area contributed by atoms with Crippen LogP contribution in [0.2, 0.25) is 0 Å². The molecule has 6 nitrogen and oxygen atoms in total. The van der Waals surface area contributed by atoms with Gasteiger partial charge >= 0.3 is 0 Å². The summed E-state index contributed by atoms with van der Waals surface area (Å²) in [6.07, 6.45) is 6.95. The van der Waals surface area contributed by atoms with Crippen LogP contribution in [0.3, 0.4) is 0 Å². The van der Waals surface area contributed by atoms with Gasteiger partial charge in [0, 0.05) is 53.0 Å². The van der Waals surface area contributed by atoms with Crippen molar-refractivity contribution in [1.82, 2.24) is 10.6 Å². The van der Waals surface area contributed by atoms with E-state index in [2.05, 4.69) is 29.7 Å². The molecule has 3 unspecified atom stereocenters. The van der Waals surface area contributed by atoms with Crippen molar-refractivity contribution in [3.05, 3.63) is 29.8 Å². The van der Waals surface area contributed by atoms with Gasteiger partial charge in [0.25, 0.3) is 0 Å². The molecule has 30 heavy (non-hydrogen) atoms. The third kappa shape index (κ3) is 6.30. The maximum Gasteiger partial charge on any atom is 0.226 e. The molecule has 1 aliphatic carbocycles. The molecule has 1 aliphatic heterocycles. The molecule has 2 aliphatic rings. The molecule has 3 rings (SSSR count). The molecule has 7 heteroatoms. The Morgan fingerprint density at radius 2 is 1.97 bits per heavy atom. The van der Waals surface area contributed by atoms with Crippen LogP contribution in [0.4, 0.5) is 5.69 Å². The highest BCUT2D eigenvalue weighted by molar-refractivity contribution is 7.85. The Kier molecular flexibility index (Phi) is 8.73. The Hall–Kier alpha value is -1.89. The van der Waals surface area contributed by atoms with Crippen LogP contribution >= 0.6 is 0 Å². The third-order valence-electron chi connectivity index (χ3n) is 5.96. The third-order valence-corrected chi connectivity index (χ3v) is 7.70. The molecule has 0 aromatic heterocycles. The summed E-state index contributed by atoms with van der Waals surface area (Å²) in [5, 5.41) is 7.19. The van der Waals surface area contributed by atoms with Crippen LogP contribution in [0.25, 0.3) is 0 Å². The van der Waals surface area contributed by atoms with Gasteiger partial charge in [0.1, 0.15) is 0 Å². The van der Waals surface area contributed by atoms with Crippen molar-refractivity contribution in [2.24, 2.45) is 4.99 Å². The highest BCUT2D eigenvalue weighted by Gasteiger charge is 2.26. The molecular weight excluding hydrogens is 396 g/mol.